The third-order valence-corrected chi connectivity index (χ3v) is 3.73. The van der Waals surface area contributed by atoms with E-state index in [1.54, 1.807) is 23.6 Å². The highest BCUT2D eigenvalue weighted by molar-refractivity contribution is 5.81. The van der Waals surface area contributed by atoms with Gasteiger partial charge in [-0.2, -0.15) is 5.26 Å². The van der Waals surface area contributed by atoms with Crippen molar-refractivity contribution >= 4 is 11.0 Å². The Hall–Kier alpha value is -3.67. The van der Waals surface area contributed by atoms with Gasteiger partial charge in [0, 0.05) is 18.0 Å². The van der Waals surface area contributed by atoms with Crippen LogP contribution in [0.15, 0.2) is 35.2 Å². The van der Waals surface area contributed by atoms with Crippen molar-refractivity contribution in [1.29, 1.82) is 5.26 Å². The topological polar surface area (TPSA) is 106 Å². The Morgan fingerprint density at radius 2 is 2.04 bits per heavy atom. The predicted molar refractivity (Wildman–Crippen MR) is 83.6 cm³/mol. The van der Waals surface area contributed by atoms with Gasteiger partial charge in [-0.25, -0.2) is 24.0 Å². The molecule has 0 N–H and O–H groups in total. The molecule has 0 radical (unpaired) electrons. The molecule has 4 rings (SSSR count). The van der Waals surface area contributed by atoms with E-state index in [1.165, 1.54) is 18.5 Å². The highest BCUT2D eigenvalue weighted by atomic mass is 19.1. The minimum Gasteiger partial charge on any atom is -0.315 e. The Kier molecular flexibility index (Phi) is 3.43. The zero-order valence-electron chi connectivity index (χ0n) is 13.0. The van der Waals surface area contributed by atoms with E-state index in [0.29, 0.717) is 33.8 Å². The molecule has 0 saturated carbocycles. The molecule has 0 unspecified atom stereocenters. The second-order valence-electron chi connectivity index (χ2n) is 5.35. The average Bonchev–Trinajstić information content (AvgIpc) is 3.20. The van der Waals surface area contributed by atoms with Gasteiger partial charge in [-0.3, -0.25) is 0 Å². The number of nitriles is 1. The maximum atomic E-state index is 14.4. The minimum absolute atomic E-state index is 0.0715. The van der Waals surface area contributed by atoms with Gasteiger partial charge in [0.1, 0.15) is 23.1 Å². The molecular weight excluding hydrogens is 325 g/mol. The monoisotopic (exact) mass is 335 g/mol. The number of nitrogens with zero attached hydrogens (tertiary/aromatic N) is 7. The molecule has 0 amide bonds. The fraction of sp³-hybridized carbons (Fsp3) is 0.125. The van der Waals surface area contributed by atoms with Crippen LogP contribution < -0.4 is 0 Å². The quantitative estimate of drug-likeness (QED) is 0.565. The van der Waals surface area contributed by atoms with Gasteiger partial charge in [0.15, 0.2) is 11.5 Å². The predicted octanol–water partition coefficient (Wildman–Crippen LogP) is 2.24. The molecule has 1 aromatic carbocycles. The number of benzene rings is 1. The van der Waals surface area contributed by atoms with Crippen LogP contribution >= 0.6 is 0 Å². The molecule has 3 aromatic heterocycles. The van der Waals surface area contributed by atoms with Crippen LogP contribution in [-0.2, 0) is 6.54 Å². The molecule has 0 aliphatic rings. The van der Waals surface area contributed by atoms with E-state index in [9.17, 15) is 4.39 Å². The van der Waals surface area contributed by atoms with Crippen LogP contribution in [0.3, 0.4) is 0 Å². The van der Waals surface area contributed by atoms with E-state index in [-0.39, 0.29) is 12.4 Å². The Bertz CT molecular complexity index is 1110. The zero-order valence-corrected chi connectivity index (χ0v) is 13.0. The number of para-hydroxylation sites is 1. The van der Waals surface area contributed by atoms with Crippen LogP contribution in [0, 0.1) is 24.1 Å². The zero-order chi connectivity index (χ0) is 17.4. The third kappa shape index (κ3) is 2.49. The van der Waals surface area contributed by atoms with E-state index in [2.05, 4.69) is 25.3 Å². The number of hydrogen-bond donors (Lipinski definition) is 0. The van der Waals surface area contributed by atoms with E-state index in [1.807, 2.05) is 6.07 Å². The second kappa shape index (κ2) is 5.76. The molecule has 3 heterocycles. The molecule has 4 aromatic rings. The van der Waals surface area contributed by atoms with Gasteiger partial charge < -0.3 is 4.57 Å². The van der Waals surface area contributed by atoms with Crippen molar-refractivity contribution in [3.63, 3.8) is 0 Å². The van der Waals surface area contributed by atoms with E-state index >= 15 is 0 Å². The summed E-state index contributed by atoms with van der Waals surface area (Å²) < 4.78 is 20.9. The summed E-state index contributed by atoms with van der Waals surface area (Å²) in [6.07, 6.45) is 3.05. The fourth-order valence-electron chi connectivity index (χ4n) is 2.59. The maximum absolute atomic E-state index is 14.4. The standard InChI is InChI=1S/C16H10FN7O/c1-9-14(23-25-22-9)16-21-12-4-2-3-11(17)15(12)24(16)8-10-6-19-13(5-18)20-7-10/h2-4,6-7H,8H2,1H3. The van der Waals surface area contributed by atoms with Crippen molar-refractivity contribution in [3.05, 3.63) is 53.5 Å². The smallest absolute Gasteiger partial charge is 0.232 e. The lowest BCUT2D eigenvalue weighted by molar-refractivity contribution is 0.305. The molecule has 25 heavy (non-hydrogen) atoms. The average molecular weight is 335 g/mol. The third-order valence-electron chi connectivity index (χ3n) is 3.73. The Morgan fingerprint density at radius 1 is 1.24 bits per heavy atom. The summed E-state index contributed by atoms with van der Waals surface area (Å²) >= 11 is 0. The molecule has 0 spiro atoms. The van der Waals surface area contributed by atoms with E-state index < -0.39 is 5.82 Å². The summed E-state index contributed by atoms with van der Waals surface area (Å²) in [6, 6.07) is 6.54. The summed E-state index contributed by atoms with van der Waals surface area (Å²) in [5.41, 5.74) is 2.51. The Balaban J connectivity index is 1.91. The van der Waals surface area contributed by atoms with Gasteiger partial charge in [-0.05, 0) is 24.2 Å². The van der Waals surface area contributed by atoms with Gasteiger partial charge in [0.2, 0.25) is 5.82 Å². The van der Waals surface area contributed by atoms with Crippen molar-refractivity contribution < 1.29 is 9.02 Å². The Morgan fingerprint density at radius 3 is 2.72 bits per heavy atom. The lowest BCUT2D eigenvalue weighted by atomic mass is 10.2. The first kappa shape index (κ1) is 14.9. The molecule has 0 bridgehead atoms. The van der Waals surface area contributed by atoms with Crippen molar-refractivity contribution in [3.8, 4) is 17.6 Å². The highest BCUT2D eigenvalue weighted by Crippen LogP contribution is 2.27. The summed E-state index contributed by atoms with van der Waals surface area (Å²) in [7, 11) is 0. The number of fused-ring (bicyclic) bond motifs is 1. The number of imidazole rings is 1. The molecule has 0 atom stereocenters. The number of rotatable bonds is 3. The van der Waals surface area contributed by atoms with Crippen molar-refractivity contribution in [2.45, 2.75) is 13.5 Å². The van der Waals surface area contributed by atoms with Crippen molar-refractivity contribution in [2.24, 2.45) is 0 Å². The van der Waals surface area contributed by atoms with Gasteiger partial charge in [-0.1, -0.05) is 11.2 Å². The number of hydrogen-bond acceptors (Lipinski definition) is 7. The van der Waals surface area contributed by atoms with E-state index in [4.69, 9.17) is 9.89 Å². The largest absolute Gasteiger partial charge is 0.315 e. The van der Waals surface area contributed by atoms with Gasteiger partial charge in [0.25, 0.3) is 0 Å². The van der Waals surface area contributed by atoms with Crippen LogP contribution in [0.5, 0.6) is 0 Å². The summed E-state index contributed by atoms with van der Waals surface area (Å²) in [6.45, 7) is 1.99. The summed E-state index contributed by atoms with van der Waals surface area (Å²) in [4.78, 5) is 12.4. The lowest BCUT2D eigenvalue weighted by Gasteiger charge is -2.08. The molecule has 0 fully saturated rings. The first-order chi connectivity index (χ1) is 12.2. The molecule has 0 aliphatic carbocycles. The van der Waals surface area contributed by atoms with Crippen LogP contribution in [0.1, 0.15) is 17.1 Å². The second-order valence-corrected chi connectivity index (χ2v) is 5.35. The van der Waals surface area contributed by atoms with Crippen molar-refractivity contribution in [1.82, 2.24) is 29.8 Å². The van der Waals surface area contributed by atoms with E-state index in [0.717, 1.165) is 0 Å². The lowest BCUT2D eigenvalue weighted by Crippen LogP contribution is -2.05. The molecule has 0 saturated heterocycles. The number of aryl methyl sites for hydroxylation is 1. The SMILES string of the molecule is Cc1nonc1-c1nc2cccc(F)c2n1Cc1cnc(C#N)nc1. The molecule has 122 valence electrons. The van der Waals surface area contributed by atoms with Gasteiger partial charge >= 0.3 is 0 Å². The summed E-state index contributed by atoms with van der Waals surface area (Å²) in [5, 5.41) is 16.4. The molecule has 9 heteroatoms. The number of halogens is 1. The maximum Gasteiger partial charge on any atom is 0.232 e. The first-order valence-electron chi connectivity index (χ1n) is 7.32. The molecular formula is C16H10FN7O. The Labute approximate surface area is 140 Å². The number of aromatic nitrogens is 6. The van der Waals surface area contributed by atoms with Crippen molar-refractivity contribution in [2.75, 3.05) is 0 Å². The minimum atomic E-state index is -0.403. The molecule has 0 aliphatic heterocycles. The molecule has 8 nitrogen and oxygen atoms in total. The van der Waals surface area contributed by atoms with Gasteiger partial charge in [0.05, 0.1) is 12.1 Å². The highest BCUT2D eigenvalue weighted by Gasteiger charge is 2.20. The van der Waals surface area contributed by atoms with Crippen LogP contribution in [0.4, 0.5) is 4.39 Å². The first-order valence-corrected chi connectivity index (χ1v) is 7.32. The van der Waals surface area contributed by atoms with Crippen LogP contribution in [0.25, 0.3) is 22.6 Å². The van der Waals surface area contributed by atoms with Gasteiger partial charge in [-0.15, -0.1) is 0 Å². The summed E-state index contributed by atoms with van der Waals surface area (Å²) in [5.74, 6) is 0.102. The fourth-order valence-corrected chi connectivity index (χ4v) is 2.59. The van der Waals surface area contributed by atoms with Crippen LogP contribution in [-0.4, -0.2) is 29.8 Å². The van der Waals surface area contributed by atoms with Crippen LogP contribution in [0.2, 0.25) is 0 Å². The normalized spacial score (nSPS) is 10.9.